The van der Waals surface area contributed by atoms with Gasteiger partial charge in [-0.05, 0) is 43.9 Å². The average molecular weight is 315 g/mol. The summed E-state index contributed by atoms with van der Waals surface area (Å²) >= 11 is 0. The first-order chi connectivity index (χ1) is 11.0. The van der Waals surface area contributed by atoms with Gasteiger partial charge in [0.15, 0.2) is 0 Å². The van der Waals surface area contributed by atoms with Crippen LogP contribution in [0.15, 0.2) is 18.2 Å². The molecule has 23 heavy (non-hydrogen) atoms. The number of hydrogen-bond donors (Lipinski definition) is 3. The van der Waals surface area contributed by atoms with Crippen molar-refractivity contribution in [3.63, 3.8) is 0 Å². The quantitative estimate of drug-likeness (QED) is 0.799. The van der Waals surface area contributed by atoms with Gasteiger partial charge in [-0.3, -0.25) is 9.59 Å². The number of anilines is 1. The van der Waals surface area contributed by atoms with Crippen LogP contribution < -0.4 is 16.0 Å². The van der Waals surface area contributed by atoms with Gasteiger partial charge < -0.3 is 16.0 Å². The third-order valence-corrected chi connectivity index (χ3v) is 4.88. The monoisotopic (exact) mass is 315 g/mol. The fourth-order valence-electron chi connectivity index (χ4n) is 3.53. The molecule has 1 saturated carbocycles. The van der Waals surface area contributed by atoms with Crippen molar-refractivity contribution in [3.05, 3.63) is 29.3 Å². The molecule has 1 aliphatic heterocycles. The van der Waals surface area contributed by atoms with E-state index >= 15 is 0 Å². The Balaban J connectivity index is 1.61. The highest BCUT2D eigenvalue weighted by molar-refractivity contribution is 5.96. The van der Waals surface area contributed by atoms with Crippen LogP contribution in [0.5, 0.6) is 0 Å². The van der Waals surface area contributed by atoms with Gasteiger partial charge >= 0.3 is 0 Å². The molecule has 0 unspecified atom stereocenters. The van der Waals surface area contributed by atoms with Crippen LogP contribution in [0.25, 0.3) is 0 Å². The number of aryl methyl sites for hydroxylation is 2. The number of hydrogen-bond acceptors (Lipinski definition) is 3. The molecule has 2 amide bonds. The van der Waals surface area contributed by atoms with Gasteiger partial charge in [-0.2, -0.15) is 0 Å². The van der Waals surface area contributed by atoms with Crippen LogP contribution in [0.4, 0.5) is 5.69 Å². The van der Waals surface area contributed by atoms with Crippen LogP contribution in [0.2, 0.25) is 0 Å². The third-order valence-electron chi connectivity index (χ3n) is 4.88. The minimum absolute atomic E-state index is 0.0516. The van der Waals surface area contributed by atoms with Crippen molar-refractivity contribution in [1.82, 2.24) is 10.6 Å². The van der Waals surface area contributed by atoms with Crippen molar-refractivity contribution in [1.29, 1.82) is 0 Å². The number of nitrogens with one attached hydrogen (secondary N) is 3. The molecule has 1 aromatic rings. The number of carbonyl (C=O) groups excluding carboxylic acids is 2. The van der Waals surface area contributed by atoms with Crippen molar-refractivity contribution in [2.75, 3.05) is 5.32 Å². The van der Waals surface area contributed by atoms with E-state index in [-0.39, 0.29) is 24.3 Å². The molecular weight excluding hydrogens is 290 g/mol. The van der Waals surface area contributed by atoms with Crippen LogP contribution >= 0.6 is 0 Å². The molecule has 3 atom stereocenters. The average Bonchev–Trinajstić information content (AvgIpc) is 2.51. The van der Waals surface area contributed by atoms with Gasteiger partial charge in [0.1, 0.15) is 0 Å². The van der Waals surface area contributed by atoms with Crippen molar-refractivity contribution in [3.8, 4) is 0 Å². The van der Waals surface area contributed by atoms with Crippen LogP contribution in [-0.2, 0) is 9.59 Å². The second-order valence-electron chi connectivity index (χ2n) is 6.80. The van der Waals surface area contributed by atoms with Gasteiger partial charge in [0.2, 0.25) is 11.8 Å². The lowest BCUT2D eigenvalue weighted by Crippen LogP contribution is -2.65. The van der Waals surface area contributed by atoms with Gasteiger partial charge in [-0.25, -0.2) is 0 Å². The first-order valence-corrected chi connectivity index (χ1v) is 8.46. The number of fused-ring (bicyclic) bond motifs is 1. The fraction of sp³-hybridized carbons (Fsp3) is 0.556. The summed E-state index contributed by atoms with van der Waals surface area (Å²) in [6.07, 6.45) is 4.62. The Morgan fingerprint density at radius 2 is 1.96 bits per heavy atom. The summed E-state index contributed by atoms with van der Waals surface area (Å²) in [5, 5.41) is 9.38. The highest BCUT2D eigenvalue weighted by Gasteiger charge is 2.36. The molecule has 1 aromatic carbocycles. The van der Waals surface area contributed by atoms with E-state index in [4.69, 9.17) is 0 Å². The van der Waals surface area contributed by atoms with Crippen LogP contribution in [0.3, 0.4) is 0 Å². The van der Waals surface area contributed by atoms with Gasteiger partial charge in [0.05, 0.1) is 12.5 Å². The summed E-state index contributed by atoms with van der Waals surface area (Å²) in [6.45, 7) is 3.96. The number of benzene rings is 1. The Bertz CT molecular complexity index is 614. The molecule has 0 spiro atoms. The number of piperazine rings is 1. The molecule has 0 bridgehead atoms. The van der Waals surface area contributed by atoms with E-state index in [1.807, 2.05) is 32.0 Å². The van der Waals surface area contributed by atoms with E-state index in [0.717, 1.165) is 29.7 Å². The Morgan fingerprint density at radius 3 is 2.74 bits per heavy atom. The highest BCUT2D eigenvalue weighted by Crippen LogP contribution is 2.23. The molecule has 3 rings (SSSR count). The van der Waals surface area contributed by atoms with E-state index in [2.05, 4.69) is 16.0 Å². The maximum atomic E-state index is 12.3. The standard InChI is InChI=1S/C18H25N3O2/c1-11-7-8-12(2)15(9-11)20-17(22)10-16-18(23)21-14-6-4-3-5-13(14)19-16/h7-9,13-14,16,19H,3-6,10H2,1-2H3,(H,20,22)(H,21,23)/t13-,14-,16-/m0/s1. The predicted octanol–water partition coefficient (Wildman–Crippen LogP) is 2.03. The minimum atomic E-state index is -0.431. The zero-order chi connectivity index (χ0) is 16.4. The summed E-state index contributed by atoms with van der Waals surface area (Å²) in [7, 11) is 0. The second-order valence-corrected chi connectivity index (χ2v) is 6.80. The van der Waals surface area contributed by atoms with Gasteiger partial charge in [0.25, 0.3) is 0 Å². The molecule has 5 heteroatoms. The lowest BCUT2D eigenvalue weighted by atomic mass is 9.87. The van der Waals surface area contributed by atoms with E-state index in [9.17, 15) is 9.59 Å². The fourth-order valence-corrected chi connectivity index (χ4v) is 3.53. The molecule has 3 N–H and O–H groups in total. The van der Waals surface area contributed by atoms with Crippen LogP contribution in [0, 0.1) is 13.8 Å². The molecule has 0 aromatic heterocycles. The third kappa shape index (κ3) is 3.72. The summed E-state index contributed by atoms with van der Waals surface area (Å²) in [5.74, 6) is -0.176. The zero-order valence-electron chi connectivity index (χ0n) is 13.8. The molecule has 1 saturated heterocycles. The molecule has 1 aliphatic carbocycles. The molecular formula is C18H25N3O2. The van der Waals surface area contributed by atoms with Crippen molar-refractivity contribution in [2.45, 2.75) is 64.1 Å². The van der Waals surface area contributed by atoms with Gasteiger partial charge in [-0.1, -0.05) is 25.0 Å². The zero-order valence-corrected chi connectivity index (χ0v) is 13.8. The number of amides is 2. The maximum absolute atomic E-state index is 12.3. The van der Waals surface area contributed by atoms with E-state index in [1.54, 1.807) is 0 Å². The van der Waals surface area contributed by atoms with Crippen molar-refractivity contribution >= 4 is 17.5 Å². The maximum Gasteiger partial charge on any atom is 0.237 e. The molecule has 5 nitrogen and oxygen atoms in total. The summed E-state index contributed by atoms with van der Waals surface area (Å²) < 4.78 is 0. The molecule has 2 aliphatic rings. The highest BCUT2D eigenvalue weighted by atomic mass is 16.2. The van der Waals surface area contributed by atoms with Crippen LogP contribution in [0.1, 0.15) is 43.2 Å². The van der Waals surface area contributed by atoms with E-state index < -0.39 is 6.04 Å². The predicted molar refractivity (Wildman–Crippen MR) is 90.3 cm³/mol. The molecule has 1 heterocycles. The lowest BCUT2D eigenvalue weighted by molar-refractivity contribution is -0.129. The lowest BCUT2D eigenvalue weighted by Gasteiger charge is -2.40. The Labute approximate surface area is 137 Å². The van der Waals surface area contributed by atoms with Crippen molar-refractivity contribution < 1.29 is 9.59 Å². The van der Waals surface area contributed by atoms with Crippen molar-refractivity contribution in [2.24, 2.45) is 0 Å². The molecule has 2 fully saturated rings. The van der Waals surface area contributed by atoms with E-state index in [1.165, 1.54) is 12.8 Å². The van der Waals surface area contributed by atoms with Crippen LogP contribution in [-0.4, -0.2) is 29.9 Å². The topological polar surface area (TPSA) is 70.2 Å². The minimum Gasteiger partial charge on any atom is -0.350 e. The first-order valence-electron chi connectivity index (χ1n) is 8.46. The smallest absolute Gasteiger partial charge is 0.237 e. The number of rotatable bonds is 3. The normalized spacial score (nSPS) is 27.0. The summed E-state index contributed by atoms with van der Waals surface area (Å²) in [5.41, 5.74) is 2.95. The SMILES string of the molecule is Cc1ccc(C)c(NC(=O)C[C@@H]2N[C@H]3CCCC[C@@H]3NC2=O)c1. The number of carbonyl (C=O) groups is 2. The second kappa shape index (κ2) is 6.71. The first kappa shape index (κ1) is 16.0. The molecule has 0 radical (unpaired) electrons. The van der Waals surface area contributed by atoms with Gasteiger partial charge in [0, 0.05) is 17.8 Å². The Kier molecular flexibility index (Phi) is 4.66. The molecule has 124 valence electrons. The summed E-state index contributed by atoms with van der Waals surface area (Å²) in [4.78, 5) is 24.5. The Morgan fingerprint density at radius 1 is 1.22 bits per heavy atom. The largest absolute Gasteiger partial charge is 0.350 e. The van der Waals surface area contributed by atoms with Gasteiger partial charge in [-0.15, -0.1) is 0 Å². The Hall–Kier alpha value is -1.88. The van der Waals surface area contributed by atoms with E-state index in [0.29, 0.717) is 6.04 Å². The summed E-state index contributed by atoms with van der Waals surface area (Å²) in [6, 6.07) is 6.07.